The van der Waals surface area contributed by atoms with E-state index >= 15 is 0 Å². The highest BCUT2D eigenvalue weighted by Crippen LogP contribution is 2.35. The van der Waals surface area contributed by atoms with Crippen molar-refractivity contribution in [3.63, 3.8) is 0 Å². The van der Waals surface area contributed by atoms with Crippen LogP contribution in [0.1, 0.15) is 52.3 Å². The molecule has 1 fully saturated rings. The van der Waals surface area contributed by atoms with E-state index in [9.17, 15) is 9.18 Å². The number of nitrogens with zero attached hydrogens (tertiary/aromatic N) is 3. The van der Waals surface area contributed by atoms with Crippen molar-refractivity contribution in [2.45, 2.75) is 52.0 Å². The summed E-state index contributed by atoms with van der Waals surface area (Å²) in [6.07, 6.45) is 4.15. The number of amides is 1. The molecule has 0 bridgehead atoms. The third kappa shape index (κ3) is 4.01. The van der Waals surface area contributed by atoms with Crippen molar-refractivity contribution in [3.05, 3.63) is 50.6 Å². The van der Waals surface area contributed by atoms with Crippen molar-refractivity contribution >= 4 is 28.2 Å². The molecule has 4 heterocycles. The van der Waals surface area contributed by atoms with Crippen LogP contribution in [0.25, 0.3) is 11.0 Å². The first-order valence-corrected chi connectivity index (χ1v) is 11.9. The Balaban J connectivity index is 1.19. The van der Waals surface area contributed by atoms with Gasteiger partial charge in [0, 0.05) is 47.1 Å². The highest BCUT2D eigenvalue weighted by atomic mass is 32.1. The Morgan fingerprint density at radius 1 is 1.29 bits per heavy atom. The van der Waals surface area contributed by atoms with Gasteiger partial charge in [0.25, 0.3) is 0 Å². The smallest absolute Gasteiger partial charge is 0.219 e. The van der Waals surface area contributed by atoms with E-state index in [1.807, 2.05) is 16.2 Å². The molecule has 1 amide bonds. The summed E-state index contributed by atoms with van der Waals surface area (Å²) in [5, 5.41) is 5.20. The van der Waals surface area contributed by atoms with Crippen LogP contribution < -0.4 is 0 Å². The van der Waals surface area contributed by atoms with Gasteiger partial charge in [0.2, 0.25) is 5.91 Å². The second kappa shape index (κ2) is 8.36. The number of carbonyl (C=O) groups excluding carboxylic acids is 1. The Kier molecular flexibility index (Phi) is 5.56. The highest BCUT2D eigenvalue weighted by molar-refractivity contribution is 7.12. The van der Waals surface area contributed by atoms with Crippen LogP contribution in [0.5, 0.6) is 0 Å². The summed E-state index contributed by atoms with van der Waals surface area (Å²) in [4.78, 5) is 19.1. The molecule has 0 N–H and O–H groups in total. The molecule has 2 aromatic heterocycles. The van der Waals surface area contributed by atoms with Crippen molar-refractivity contribution in [3.8, 4) is 0 Å². The van der Waals surface area contributed by atoms with Gasteiger partial charge in [0.1, 0.15) is 5.82 Å². The van der Waals surface area contributed by atoms with Crippen molar-refractivity contribution in [1.82, 2.24) is 15.0 Å². The Labute approximate surface area is 185 Å². The van der Waals surface area contributed by atoms with Crippen LogP contribution in [0.4, 0.5) is 4.39 Å². The van der Waals surface area contributed by atoms with E-state index in [1.54, 1.807) is 13.0 Å². The van der Waals surface area contributed by atoms with Crippen LogP contribution in [-0.4, -0.2) is 47.0 Å². The molecule has 2 aliphatic rings. The second-order valence-corrected chi connectivity index (χ2v) is 10.0. The molecule has 164 valence electrons. The van der Waals surface area contributed by atoms with Crippen molar-refractivity contribution in [2.75, 3.05) is 26.2 Å². The van der Waals surface area contributed by atoms with E-state index in [0.717, 1.165) is 69.5 Å². The topological polar surface area (TPSA) is 49.6 Å². The normalized spacial score (nSPS) is 18.0. The highest BCUT2D eigenvalue weighted by Gasteiger charge is 2.26. The summed E-state index contributed by atoms with van der Waals surface area (Å²) in [5.41, 5.74) is 4.44. The summed E-state index contributed by atoms with van der Waals surface area (Å²) in [5.74, 6) is 0.257. The molecule has 1 saturated heterocycles. The molecule has 3 aromatic rings. The van der Waals surface area contributed by atoms with Crippen molar-refractivity contribution in [2.24, 2.45) is 0 Å². The van der Waals surface area contributed by atoms with E-state index < -0.39 is 0 Å². The summed E-state index contributed by atoms with van der Waals surface area (Å²) in [6.45, 7) is 8.68. The maximum absolute atomic E-state index is 13.4. The van der Waals surface area contributed by atoms with E-state index in [0.29, 0.717) is 11.5 Å². The van der Waals surface area contributed by atoms with Crippen molar-refractivity contribution < 1.29 is 13.7 Å². The van der Waals surface area contributed by atoms with Gasteiger partial charge in [-0.2, -0.15) is 0 Å². The quantitative estimate of drug-likeness (QED) is 0.591. The lowest BCUT2D eigenvalue weighted by atomic mass is 9.91. The minimum Gasteiger partial charge on any atom is -0.356 e. The Bertz CT molecular complexity index is 1110. The molecule has 0 saturated carbocycles. The number of thiophene rings is 1. The molecule has 2 aliphatic heterocycles. The van der Waals surface area contributed by atoms with Crippen LogP contribution in [0, 0.1) is 12.7 Å². The molecular formula is C24H28FN3O2S. The third-order valence-corrected chi connectivity index (χ3v) is 8.34. The molecule has 0 spiro atoms. The number of hydrogen-bond donors (Lipinski definition) is 0. The number of piperidine rings is 1. The van der Waals surface area contributed by atoms with Gasteiger partial charge in [-0.25, -0.2) is 4.39 Å². The van der Waals surface area contributed by atoms with Gasteiger partial charge in [0.15, 0.2) is 5.58 Å². The first kappa shape index (κ1) is 20.6. The molecular weight excluding hydrogens is 413 g/mol. The first-order valence-electron chi connectivity index (χ1n) is 11.1. The standard InChI is InChI=1S/C24H28FN3O2S/c1-15-19-7-12-28(16(2)29)14-23(19)31-22(15)8-11-27-9-5-17(6-10-27)24-20-4-3-18(25)13-21(20)30-26-24/h3-4,13,17H,5-12,14H2,1-2H3. The number of rotatable bonds is 4. The molecule has 1 aromatic carbocycles. The molecule has 0 radical (unpaired) electrons. The van der Waals surface area contributed by atoms with Gasteiger partial charge in [-0.05, 0) is 69.0 Å². The predicted octanol–water partition coefficient (Wildman–Crippen LogP) is 4.66. The summed E-state index contributed by atoms with van der Waals surface area (Å²) >= 11 is 1.90. The minimum atomic E-state index is -0.287. The average molecular weight is 442 g/mol. The summed E-state index contributed by atoms with van der Waals surface area (Å²) < 4.78 is 18.8. The number of fused-ring (bicyclic) bond motifs is 2. The van der Waals surface area contributed by atoms with Crippen LogP contribution >= 0.6 is 11.3 Å². The van der Waals surface area contributed by atoms with Crippen LogP contribution in [-0.2, 0) is 24.2 Å². The van der Waals surface area contributed by atoms with Crippen LogP contribution in [0.2, 0.25) is 0 Å². The number of likely N-dealkylation sites (tertiary alicyclic amines) is 1. The fourth-order valence-electron chi connectivity index (χ4n) is 5.04. The summed E-state index contributed by atoms with van der Waals surface area (Å²) in [6, 6.07) is 4.69. The molecule has 5 nitrogen and oxygen atoms in total. The van der Waals surface area contributed by atoms with Crippen LogP contribution in [0.15, 0.2) is 22.7 Å². The van der Waals surface area contributed by atoms with E-state index in [-0.39, 0.29) is 11.7 Å². The molecule has 0 atom stereocenters. The maximum Gasteiger partial charge on any atom is 0.219 e. The lowest BCUT2D eigenvalue weighted by Crippen LogP contribution is -2.34. The van der Waals surface area contributed by atoms with Gasteiger partial charge in [-0.3, -0.25) is 4.79 Å². The third-order valence-electron chi connectivity index (χ3n) is 6.96. The number of hydrogen-bond acceptors (Lipinski definition) is 5. The number of aromatic nitrogens is 1. The first-order chi connectivity index (χ1) is 15.0. The predicted molar refractivity (Wildman–Crippen MR) is 120 cm³/mol. The van der Waals surface area contributed by atoms with Gasteiger partial charge >= 0.3 is 0 Å². The SMILES string of the molecule is CC(=O)N1CCc2c(sc(CCN3CCC(c4noc5cc(F)ccc45)CC3)c2C)C1. The molecule has 31 heavy (non-hydrogen) atoms. The van der Waals surface area contributed by atoms with E-state index in [1.165, 1.54) is 33.0 Å². The maximum atomic E-state index is 13.4. The van der Waals surface area contributed by atoms with Gasteiger partial charge in [-0.1, -0.05) is 5.16 Å². The second-order valence-electron chi connectivity index (χ2n) is 8.82. The lowest BCUT2D eigenvalue weighted by molar-refractivity contribution is -0.129. The molecule has 0 unspecified atom stereocenters. The number of halogens is 1. The summed E-state index contributed by atoms with van der Waals surface area (Å²) in [7, 11) is 0. The van der Waals surface area contributed by atoms with Gasteiger partial charge < -0.3 is 14.3 Å². The zero-order chi connectivity index (χ0) is 21.5. The van der Waals surface area contributed by atoms with Gasteiger partial charge in [0.05, 0.1) is 12.2 Å². The van der Waals surface area contributed by atoms with Gasteiger partial charge in [-0.15, -0.1) is 11.3 Å². The fourth-order valence-corrected chi connectivity index (χ4v) is 6.41. The van der Waals surface area contributed by atoms with Crippen LogP contribution in [0.3, 0.4) is 0 Å². The molecule has 5 rings (SSSR count). The Hall–Kier alpha value is -2.25. The van der Waals surface area contributed by atoms with Crippen molar-refractivity contribution in [1.29, 1.82) is 0 Å². The largest absolute Gasteiger partial charge is 0.356 e. The Morgan fingerprint density at radius 2 is 2.10 bits per heavy atom. The molecule has 0 aliphatic carbocycles. The zero-order valence-electron chi connectivity index (χ0n) is 18.1. The molecule has 7 heteroatoms. The number of benzene rings is 1. The lowest BCUT2D eigenvalue weighted by Gasteiger charge is -2.31. The zero-order valence-corrected chi connectivity index (χ0v) is 18.9. The minimum absolute atomic E-state index is 0.172. The van der Waals surface area contributed by atoms with E-state index in [2.05, 4.69) is 17.0 Å². The Morgan fingerprint density at radius 3 is 2.87 bits per heavy atom. The fraction of sp³-hybridized carbons (Fsp3) is 0.500. The monoisotopic (exact) mass is 441 g/mol. The number of carbonyl (C=O) groups is 1. The van der Waals surface area contributed by atoms with E-state index in [4.69, 9.17) is 4.52 Å². The average Bonchev–Trinajstić information content (AvgIpc) is 3.33.